The normalized spacial score (nSPS) is 10.5. The number of aromatic nitrogens is 2. The van der Waals surface area contributed by atoms with Crippen molar-refractivity contribution in [2.24, 2.45) is 0 Å². The molecule has 2 aromatic rings. The summed E-state index contributed by atoms with van der Waals surface area (Å²) >= 11 is 2.16. The minimum Gasteiger partial charge on any atom is -0.281 e. The summed E-state index contributed by atoms with van der Waals surface area (Å²) in [6, 6.07) is 6.43. The number of hydrogen-bond acceptors (Lipinski definition) is 1. The molecule has 0 atom stereocenters. The molecule has 0 radical (unpaired) electrons. The molecule has 1 N–H and O–H groups in total. The van der Waals surface area contributed by atoms with E-state index in [2.05, 4.69) is 32.8 Å². The predicted molar refractivity (Wildman–Crippen MR) is 61.4 cm³/mol. The highest BCUT2D eigenvalue weighted by molar-refractivity contribution is 14.1. The second-order valence-corrected chi connectivity index (χ2v) is 4.04. The van der Waals surface area contributed by atoms with E-state index in [0.717, 1.165) is 20.5 Å². The van der Waals surface area contributed by atoms with Gasteiger partial charge in [-0.2, -0.15) is 5.10 Å². The quantitative estimate of drug-likeness (QED) is 0.806. The smallest absolute Gasteiger partial charge is 0.131 e. The van der Waals surface area contributed by atoms with Crippen LogP contribution >= 0.6 is 22.6 Å². The fraction of sp³-hybridized carbons (Fsp3) is 0.100. The van der Waals surface area contributed by atoms with E-state index in [1.54, 1.807) is 12.1 Å². The molecule has 0 spiro atoms. The van der Waals surface area contributed by atoms with Crippen molar-refractivity contribution < 1.29 is 4.39 Å². The van der Waals surface area contributed by atoms with Gasteiger partial charge in [0.25, 0.3) is 0 Å². The first-order valence-electron chi connectivity index (χ1n) is 4.15. The molecule has 0 saturated heterocycles. The topological polar surface area (TPSA) is 28.7 Å². The molecular formula is C10H8FIN2. The zero-order chi connectivity index (χ0) is 10.1. The van der Waals surface area contributed by atoms with E-state index in [0.29, 0.717) is 0 Å². The lowest BCUT2D eigenvalue weighted by molar-refractivity contribution is 0.628. The van der Waals surface area contributed by atoms with Crippen LogP contribution in [0.2, 0.25) is 0 Å². The van der Waals surface area contributed by atoms with Gasteiger partial charge in [0, 0.05) is 11.3 Å². The number of H-pyrrole nitrogens is 1. The molecule has 0 bridgehead atoms. The summed E-state index contributed by atoms with van der Waals surface area (Å²) in [6.45, 7) is 1.95. The van der Waals surface area contributed by atoms with Gasteiger partial charge in [0.15, 0.2) is 0 Å². The molecular weight excluding hydrogens is 294 g/mol. The lowest BCUT2D eigenvalue weighted by Gasteiger charge is -1.99. The molecule has 0 saturated carbocycles. The summed E-state index contributed by atoms with van der Waals surface area (Å²) in [5.41, 5.74) is 3.04. The Balaban J connectivity index is 2.54. The molecule has 0 aliphatic heterocycles. The Morgan fingerprint density at radius 1 is 1.29 bits per heavy atom. The van der Waals surface area contributed by atoms with Crippen LogP contribution < -0.4 is 0 Å². The van der Waals surface area contributed by atoms with Crippen molar-refractivity contribution in [1.29, 1.82) is 0 Å². The van der Waals surface area contributed by atoms with Crippen LogP contribution in [0.25, 0.3) is 11.1 Å². The van der Waals surface area contributed by atoms with Gasteiger partial charge < -0.3 is 0 Å². The van der Waals surface area contributed by atoms with Crippen molar-refractivity contribution >= 4 is 22.6 Å². The summed E-state index contributed by atoms with van der Waals surface area (Å²) < 4.78 is 13.6. The lowest BCUT2D eigenvalue weighted by Crippen LogP contribution is -1.82. The van der Waals surface area contributed by atoms with Gasteiger partial charge in [0.05, 0.1) is 0 Å². The lowest BCUT2D eigenvalue weighted by atomic mass is 10.1. The van der Waals surface area contributed by atoms with Crippen molar-refractivity contribution in [2.45, 2.75) is 6.92 Å². The third-order valence-corrected chi connectivity index (χ3v) is 2.82. The minimum absolute atomic E-state index is 0.218. The molecule has 2 rings (SSSR count). The number of aryl methyl sites for hydroxylation is 1. The molecule has 2 nitrogen and oxygen atoms in total. The Morgan fingerprint density at radius 2 is 1.93 bits per heavy atom. The van der Waals surface area contributed by atoms with Gasteiger partial charge in [0.1, 0.15) is 9.52 Å². The number of nitrogens with one attached hydrogen (secondary N) is 1. The maximum atomic E-state index is 12.7. The number of rotatable bonds is 1. The summed E-state index contributed by atoms with van der Waals surface area (Å²) in [4.78, 5) is 0. The van der Waals surface area contributed by atoms with Crippen LogP contribution in [0.5, 0.6) is 0 Å². The van der Waals surface area contributed by atoms with Gasteiger partial charge in [-0.1, -0.05) is 12.1 Å². The van der Waals surface area contributed by atoms with Crippen molar-refractivity contribution in [2.75, 3.05) is 0 Å². The standard InChI is InChI=1S/C10H8FIN2/c1-6-9(10(12)14-13-6)7-2-4-8(11)5-3-7/h2-5H,1H3,(H,13,14). The highest BCUT2D eigenvalue weighted by atomic mass is 127. The molecule has 72 valence electrons. The van der Waals surface area contributed by atoms with E-state index in [9.17, 15) is 4.39 Å². The van der Waals surface area contributed by atoms with Gasteiger partial charge in [0.2, 0.25) is 0 Å². The van der Waals surface area contributed by atoms with Crippen molar-refractivity contribution in [3.8, 4) is 11.1 Å². The van der Waals surface area contributed by atoms with Crippen molar-refractivity contribution in [3.05, 3.63) is 39.5 Å². The molecule has 0 unspecified atom stereocenters. The first-order chi connectivity index (χ1) is 6.68. The van der Waals surface area contributed by atoms with Crippen LogP contribution in [0, 0.1) is 16.4 Å². The number of halogens is 2. The molecule has 0 fully saturated rings. The van der Waals surface area contributed by atoms with Crippen LogP contribution in [0.1, 0.15) is 5.69 Å². The van der Waals surface area contributed by atoms with Crippen LogP contribution in [-0.4, -0.2) is 10.2 Å². The maximum Gasteiger partial charge on any atom is 0.131 e. The van der Waals surface area contributed by atoms with Crippen molar-refractivity contribution in [1.82, 2.24) is 10.2 Å². The molecule has 0 aliphatic rings. The van der Waals surface area contributed by atoms with Gasteiger partial charge in [-0.3, -0.25) is 5.10 Å². The second kappa shape index (κ2) is 3.68. The summed E-state index contributed by atoms with van der Waals surface area (Å²) in [6.07, 6.45) is 0. The molecule has 1 aromatic carbocycles. The fourth-order valence-corrected chi connectivity index (χ4v) is 2.19. The molecule has 1 heterocycles. The van der Waals surface area contributed by atoms with E-state index in [1.807, 2.05) is 6.92 Å². The Bertz CT molecular complexity index is 428. The van der Waals surface area contributed by atoms with E-state index in [4.69, 9.17) is 0 Å². The van der Waals surface area contributed by atoms with Crippen LogP contribution in [0.3, 0.4) is 0 Å². The zero-order valence-corrected chi connectivity index (χ0v) is 9.67. The van der Waals surface area contributed by atoms with Gasteiger partial charge in [-0.25, -0.2) is 4.39 Å². The van der Waals surface area contributed by atoms with Gasteiger partial charge in [-0.15, -0.1) is 0 Å². The van der Waals surface area contributed by atoms with Gasteiger partial charge in [-0.05, 0) is 47.2 Å². The molecule has 0 amide bonds. The number of hydrogen-bond donors (Lipinski definition) is 1. The first kappa shape index (κ1) is 9.64. The van der Waals surface area contributed by atoms with E-state index in [1.165, 1.54) is 12.1 Å². The highest BCUT2D eigenvalue weighted by Crippen LogP contribution is 2.26. The maximum absolute atomic E-state index is 12.7. The number of aromatic amines is 1. The third kappa shape index (κ3) is 1.66. The average Bonchev–Trinajstić information content (AvgIpc) is 2.49. The number of benzene rings is 1. The molecule has 1 aromatic heterocycles. The first-order valence-corrected chi connectivity index (χ1v) is 5.23. The fourth-order valence-electron chi connectivity index (χ4n) is 1.35. The summed E-state index contributed by atoms with van der Waals surface area (Å²) in [5, 5.41) is 6.98. The van der Waals surface area contributed by atoms with Gasteiger partial charge >= 0.3 is 0 Å². The Hall–Kier alpha value is -0.910. The number of nitrogens with zero attached hydrogens (tertiary/aromatic N) is 1. The molecule has 0 aliphatic carbocycles. The van der Waals surface area contributed by atoms with E-state index < -0.39 is 0 Å². The Labute approximate surface area is 94.7 Å². The van der Waals surface area contributed by atoms with Crippen LogP contribution in [0.15, 0.2) is 24.3 Å². The third-order valence-electron chi connectivity index (χ3n) is 2.04. The summed E-state index contributed by atoms with van der Waals surface area (Å²) in [7, 11) is 0. The predicted octanol–water partition coefficient (Wildman–Crippen LogP) is 3.13. The molecule has 14 heavy (non-hydrogen) atoms. The Morgan fingerprint density at radius 3 is 2.43 bits per heavy atom. The van der Waals surface area contributed by atoms with E-state index in [-0.39, 0.29) is 5.82 Å². The summed E-state index contributed by atoms with van der Waals surface area (Å²) in [5.74, 6) is -0.218. The monoisotopic (exact) mass is 302 g/mol. The van der Waals surface area contributed by atoms with Crippen LogP contribution in [-0.2, 0) is 0 Å². The minimum atomic E-state index is -0.218. The second-order valence-electron chi connectivity index (χ2n) is 3.02. The Kier molecular flexibility index (Phi) is 2.54. The van der Waals surface area contributed by atoms with E-state index >= 15 is 0 Å². The molecule has 4 heteroatoms. The zero-order valence-electron chi connectivity index (χ0n) is 7.51. The average molecular weight is 302 g/mol. The largest absolute Gasteiger partial charge is 0.281 e. The van der Waals surface area contributed by atoms with Crippen molar-refractivity contribution in [3.63, 3.8) is 0 Å². The highest BCUT2D eigenvalue weighted by Gasteiger charge is 2.09. The SMILES string of the molecule is Cc1[nH]nc(I)c1-c1ccc(F)cc1. The van der Waals surface area contributed by atoms with Crippen LogP contribution in [0.4, 0.5) is 4.39 Å².